The molecular weight excluding hydrogens is 498 g/mol. The van der Waals surface area contributed by atoms with Gasteiger partial charge in [0.05, 0.1) is 17.8 Å². The van der Waals surface area contributed by atoms with Gasteiger partial charge in [0.15, 0.2) is 21.4 Å². The molecule has 0 saturated heterocycles. The Kier molecular flexibility index (Phi) is 6.39. The van der Waals surface area contributed by atoms with Crippen LogP contribution in [0.2, 0.25) is 0 Å². The molecule has 6 nitrogen and oxygen atoms in total. The summed E-state index contributed by atoms with van der Waals surface area (Å²) in [4.78, 5) is 4.48. The predicted molar refractivity (Wildman–Crippen MR) is 136 cm³/mol. The fraction of sp³-hybridized carbons (Fsp3) is 0.107. The molecular formula is C28H22F2N2O4S. The SMILES string of the molecule is COc1nccc2c(-c3cc(CS(=O)(=O)c4ccccc4)ccc3Oc3ccc(F)cc3F)cn(C)c12. The zero-order chi connectivity index (χ0) is 26.2. The maximum Gasteiger partial charge on any atom is 0.238 e. The number of pyridine rings is 1. The van der Waals surface area contributed by atoms with Gasteiger partial charge in [0.25, 0.3) is 0 Å². The summed E-state index contributed by atoms with van der Waals surface area (Å²) in [7, 11) is -0.265. The van der Waals surface area contributed by atoms with Gasteiger partial charge in [-0.05, 0) is 48.0 Å². The van der Waals surface area contributed by atoms with Gasteiger partial charge in [0.2, 0.25) is 5.88 Å². The molecule has 0 aliphatic heterocycles. The highest BCUT2D eigenvalue weighted by Crippen LogP contribution is 2.41. The molecule has 2 heterocycles. The molecule has 0 unspecified atom stereocenters. The van der Waals surface area contributed by atoms with Crippen molar-refractivity contribution in [1.29, 1.82) is 0 Å². The van der Waals surface area contributed by atoms with E-state index in [1.54, 1.807) is 54.7 Å². The van der Waals surface area contributed by atoms with Gasteiger partial charge in [-0.3, -0.25) is 0 Å². The number of sulfone groups is 1. The van der Waals surface area contributed by atoms with E-state index in [0.29, 0.717) is 22.6 Å². The Labute approximate surface area is 212 Å². The average molecular weight is 521 g/mol. The summed E-state index contributed by atoms with van der Waals surface area (Å²) >= 11 is 0. The molecule has 0 bridgehead atoms. The summed E-state index contributed by atoms with van der Waals surface area (Å²) in [6.07, 6.45) is 3.45. The molecule has 0 fully saturated rings. The van der Waals surface area contributed by atoms with Crippen LogP contribution >= 0.6 is 0 Å². The lowest BCUT2D eigenvalue weighted by atomic mass is 10.0. The number of hydrogen-bond acceptors (Lipinski definition) is 5. The number of benzene rings is 3. The first-order valence-electron chi connectivity index (χ1n) is 11.3. The number of ether oxygens (including phenoxy) is 2. The standard InChI is InChI=1S/C28H22F2N2O4S/c1-32-16-23(21-12-13-31-28(35-2)27(21)32)22-14-18(17-37(33,34)20-6-4-3-5-7-20)8-10-25(22)36-26-11-9-19(29)15-24(26)30/h3-16H,17H2,1-2H3. The molecule has 9 heteroatoms. The zero-order valence-electron chi connectivity index (χ0n) is 20.0. The van der Waals surface area contributed by atoms with Crippen LogP contribution in [-0.4, -0.2) is 25.1 Å². The Morgan fingerprint density at radius 3 is 2.41 bits per heavy atom. The molecule has 0 saturated carbocycles. The molecule has 0 atom stereocenters. The fourth-order valence-corrected chi connectivity index (χ4v) is 5.62. The van der Waals surface area contributed by atoms with Gasteiger partial charge in [0, 0.05) is 42.0 Å². The molecule has 0 N–H and O–H groups in total. The second-order valence-electron chi connectivity index (χ2n) is 8.45. The largest absolute Gasteiger partial charge is 0.479 e. The van der Waals surface area contributed by atoms with Gasteiger partial charge in [-0.25, -0.2) is 22.2 Å². The number of methoxy groups -OCH3 is 1. The summed E-state index contributed by atoms with van der Waals surface area (Å²) in [6, 6.07) is 18.0. The van der Waals surface area contributed by atoms with Crippen molar-refractivity contribution in [1.82, 2.24) is 9.55 Å². The van der Waals surface area contributed by atoms with Crippen molar-refractivity contribution in [3.63, 3.8) is 0 Å². The van der Waals surface area contributed by atoms with Crippen molar-refractivity contribution in [3.8, 4) is 28.5 Å². The van der Waals surface area contributed by atoms with E-state index >= 15 is 0 Å². The van der Waals surface area contributed by atoms with Crippen LogP contribution in [-0.2, 0) is 22.6 Å². The minimum absolute atomic E-state index is 0.160. The third-order valence-electron chi connectivity index (χ3n) is 5.96. The van der Waals surface area contributed by atoms with Crippen molar-refractivity contribution >= 4 is 20.7 Å². The van der Waals surface area contributed by atoms with Gasteiger partial charge in [-0.1, -0.05) is 24.3 Å². The molecule has 0 radical (unpaired) electrons. The average Bonchev–Trinajstić information content (AvgIpc) is 3.23. The number of rotatable bonds is 7. The minimum atomic E-state index is -3.62. The van der Waals surface area contributed by atoms with Gasteiger partial charge >= 0.3 is 0 Å². The number of nitrogens with zero attached hydrogens (tertiary/aromatic N) is 2. The maximum absolute atomic E-state index is 14.4. The molecule has 0 aliphatic carbocycles. The molecule has 2 aromatic heterocycles. The zero-order valence-corrected chi connectivity index (χ0v) is 20.8. The predicted octanol–water partition coefficient (Wildman–Crippen LogP) is 6.29. The first kappa shape index (κ1) is 24.5. The highest BCUT2D eigenvalue weighted by molar-refractivity contribution is 7.90. The van der Waals surface area contributed by atoms with Crippen LogP contribution in [0, 0.1) is 11.6 Å². The van der Waals surface area contributed by atoms with Crippen LogP contribution in [0.15, 0.2) is 90.1 Å². The number of hydrogen-bond donors (Lipinski definition) is 0. The lowest BCUT2D eigenvalue weighted by molar-refractivity contribution is 0.401. The highest BCUT2D eigenvalue weighted by Gasteiger charge is 2.21. The van der Waals surface area contributed by atoms with Crippen LogP contribution in [0.5, 0.6) is 17.4 Å². The van der Waals surface area contributed by atoms with Crippen molar-refractivity contribution in [2.75, 3.05) is 7.11 Å². The van der Waals surface area contributed by atoms with Crippen molar-refractivity contribution in [3.05, 3.63) is 102 Å². The summed E-state index contributed by atoms with van der Waals surface area (Å²) in [5.41, 5.74) is 2.48. The summed E-state index contributed by atoms with van der Waals surface area (Å²) in [5.74, 6) is -1.29. The summed E-state index contributed by atoms with van der Waals surface area (Å²) < 4.78 is 67.2. The monoisotopic (exact) mass is 520 g/mol. The topological polar surface area (TPSA) is 70.4 Å². The number of aromatic nitrogens is 2. The van der Waals surface area contributed by atoms with Crippen molar-refractivity contribution in [2.45, 2.75) is 10.6 Å². The second-order valence-corrected chi connectivity index (χ2v) is 10.4. The van der Waals surface area contributed by atoms with E-state index in [9.17, 15) is 17.2 Å². The van der Waals surface area contributed by atoms with Gasteiger partial charge in [-0.15, -0.1) is 0 Å². The highest BCUT2D eigenvalue weighted by atomic mass is 32.2. The van der Waals surface area contributed by atoms with Crippen LogP contribution in [0.4, 0.5) is 8.78 Å². The molecule has 0 spiro atoms. The Morgan fingerprint density at radius 2 is 1.68 bits per heavy atom. The van der Waals surface area contributed by atoms with E-state index in [2.05, 4.69) is 4.98 Å². The van der Waals surface area contributed by atoms with Crippen molar-refractivity contribution < 1.29 is 26.7 Å². The van der Waals surface area contributed by atoms with E-state index in [1.165, 1.54) is 13.2 Å². The minimum Gasteiger partial charge on any atom is -0.479 e. The smallest absolute Gasteiger partial charge is 0.238 e. The first-order chi connectivity index (χ1) is 17.8. The summed E-state index contributed by atoms with van der Waals surface area (Å²) in [6.45, 7) is 0. The third kappa shape index (κ3) is 4.77. The fourth-order valence-electron chi connectivity index (χ4n) is 4.26. The number of halogens is 2. The first-order valence-corrected chi connectivity index (χ1v) is 12.9. The number of fused-ring (bicyclic) bond motifs is 1. The molecule has 5 aromatic rings. The Bertz CT molecular complexity index is 1720. The normalized spacial score (nSPS) is 11.6. The van der Waals surface area contributed by atoms with Crippen LogP contribution in [0.1, 0.15) is 5.56 Å². The molecule has 0 amide bonds. The van der Waals surface area contributed by atoms with Crippen molar-refractivity contribution in [2.24, 2.45) is 7.05 Å². The lowest BCUT2D eigenvalue weighted by Crippen LogP contribution is -2.05. The van der Waals surface area contributed by atoms with Gasteiger partial charge in [-0.2, -0.15) is 0 Å². The maximum atomic E-state index is 14.4. The van der Waals surface area contributed by atoms with E-state index in [4.69, 9.17) is 9.47 Å². The quantitative estimate of drug-likeness (QED) is 0.252. The summed E-state index contributed by atoms with van der Waals surface area (Å²) in [5, 5.41) is 0.779. The van der Waals surface area contributed by atoms with E-state index < -0.39 is 21.5 Å². The lowest BCUT2D eigenvalue weighted by Gasteiger charge is -2.14. The second kappa shape index (κ2) is 9.67. The molecule has 188 valence electrons. The van der Waals surface area contributed by atoms with Crippen LogP contribution < -0.4 is 9.47 Å². The third-order valence-corrected chi connectivity index (χ3v) is 7.66. The Morgan fingerprint density at radius 1 is 0.919 bits per heavy atom. The Balaban J connectivity index is 1.66. The molecule has 37 heavy (non-hydrogen) atoms. The van der Waals surface area contributed by atoms with Gasteiger partial charge < -0.3 is 14.0 Å². The van der Waals surface area contributed by atoms with E-state index in [-0.39, 0.29) is 22.1 Å². The van der Waals surface area contributed by atoms with Crippen LogP contribution in [0.3, 0.4) is 0 Å². The van der Waals surface area contributed by atoms with E-state index in [0.717, 1.165) is 23.0 Å². The van der Waals surface area contributed by atoms with E-state index in [1.807, 2.05) is 23.9 Å². The molecule has 3 aromatic carbocycles. The van der Waals surface area contributed by atoms with Crippen LogP contribution in [0.25, 0.3) is 22.0 Å². The Hall–Kier alpha value is -4.24. The number of aryl methyl sites for hydroxylation is 1. The molecule has 0 aliphatic rings. The van der Waals surface area contributed by atoms with Gasteiger partial charge in [0.1, 0.15) is 17.1 Å². The molecule has 5 rings (SSSR count).